The van der Waals surface area contributed by atoms with Gasteiger partial charge in [-0.15, -0.1) is 11.6 Å². The Bertz CT molecular complexity index is 774. The van der Waals surface area contributed by atoms with Gasteiger partial charge in [0.05, 0.1) is 12.1 Å². The molecule has 2 aliphatic rings. The normalized spacial score (nSPS) is 20.4. The van der Waals surface area contributed by atoms with Crippen molar-refractivity contribution in [3.8, 4) is 0 Å². The minimum atomic E-state index is -0.808. The number of nitrogens with one attached hydrogen (secondary N) is 1. The minimum Gasteiger partial charge on any atom is -0.326 e. The zero-order valence-electron chi connectivity index (χ0n) is 15.8. The van der Waals surface area contributed by atoms with Gasteiger partial charge < -0.3 is 10.2 Å². The molecule has 3 rings (SSSR count). The number of amides is 4. The van der Waals surface area contributed by atoms with E-state index in [-0.39, 0.29) is 36.1 Å². The van der Waals surface area contributed by atoms with Gasteiger partial charge in [-0.25, -0.2) is 4.90 Å². The van der Waals surface area contributed by atoms with Gasteiger partial charge in [0.2, 0.25) is 17.7 Å². The molecule has 1 aliphatic heterocycles. The van der Waals surface area contributed by atoms with Crippen LogP contribution in [-0.2, 0) is 19.2 Å². The van der Waals surface area contributed by atoms with Crippen LogP contribution in [0.2, 0.25) is 0 Å². The van der Waals surface area contributed by atoms with Crippen LogP contribution >= 0.6 is 11.6 Å². The van der Waals surface area contributed by atoms with E-state index in [1.54, 1.807) is 29.2 Å². The van der Waals surface area contributed by atoms with Crippen molar-refractivity contribution in [2.75, 3.05) is 16.1 Å². The fourth-order valence-electron chi connectivity index (χ4n) is 4.06. The Balaban J connectivity index is 1.82. The quantitative estimate of drug-likeness (QED) is 0.602. The molecule has 1 heterocycles. The van der Waals surface area contributed by atoms with E-state index in [4.69, 9.17) is 11.6 Å². The Hall–Kier alpha value is -2.41. The van der Waals surface area contributed by atoms with E-state index >= 15 is 0 Å². The molecular weight excluding hydrogens is 382 g/mol. The summed E-state index contributed by atoms with van der Waals surface area (Å²) in [5, 5.41) is 2.64. The van der Waals surface area contributed by atoms with Gasteiger partial charge in [-0.3, -0.25) is 19.2 Å². The van der Waals surface area contributed by atoms with Crippen molar-refractivity contribution in [3.63, 3.8) is 0 Å². The SMILES string of the molecule is CC(=O)Nc1ccc(N2C(=O)C[C@H](N(C(=O)CCl)C3CCCCC3)C2=O)cc1. The van der Waals surface area contributed by atoms with Crippen LogP contribution in [0.15, 0.2) is 24.3 Å². The minimum absolute atomic E-state index is 0.0363. The molecule has 1 N–H and O–H groups in total. The lowest BCUT2D eigenvalue weighted by molar-refractivity contribution is -0.139. The van der Waals surface area contributed by atoms with Crippen LogP contribution in [0.25, 0.3) is 0 Å². The maximum absolute atomic E-state index is 13.1. The molecule has 1 aliphatic carbocycles. The molecule has 0 aromatic heterocycles. The maximum Gasteiger partial charge on any atom is 0.257 e. The van der Waals surface area contributed by atoms with Crippen molar-refractivity contribution in [2.24, 2.45) is 0 Å². The van der Waals surface area contributed by atoms with Crippen LogP contribution in [0.5, 0.6) is 0 Å². The molecular formula is C20H24ClN3O4. The third-order valence-electron chi connectivity index (χ3n) is 5.27. The van der Waals surface area contributed by atoms with Gasteiger partial charge in [-0.05, 0) is 37.1 Å². The first-order chi connectivity index (χ1) is 13.4. The number of carbonyl (C=O) groups is 4. The number of hydrogen-bond acceptors (Lipinski definition) is 4. The number of carbonyl (C=O) groups excluding carboxylic acids is 4. The van der Waals surface area contributed by atoms with Gasteiger partial charge in [0.1, 0.15) is 11.9 Å². The summed E-state index contributed by atoms with van der Waals surface area (Å²) in [5.41, 5.74) is 1.00. The second-order valence-electron chi connectivity index (χ2n) is 7.24. The van der Waals surface area contributed by atoms with Crippen LogP contribution in [0.3, 0.4) is 0 Å². The lowest BCUT2D eigenvalue weighted by Gasteiger charge is -2.37. The summed E-state index contributed by atoms with van der Waals surface area (Å²) < 4.78 is 0. The van der Waals surface area contributed by atoms with Crippen molar-refractivity contribution in [3.05, 3.63) is 24.3 Å². The zero-order valence-corrected chi connectivity index (χ0v) is 16.6. The highest BCUT2D eigenvalue weighted by Crippen LogP contribution is 2.31. The molecule has 0 radical (unpaired) electrons. The number of imide groups is 1. The molecule has 4 amide bonds. The van der Waals surface area contributed by atoms with Crippen LogP contribution in [0.1, 0.15) is 45.4 Å². The third kappa shape index (κ3) is 4.19. The summed E-state index contributed by atoms with van der Waals surface area (Å²) in [7, 11) is 0. The summed E-state index contributed by atoms with van der Waals surface area (Å²) in [6.07, 6.45) is 4.73. The molecule has 28 heavy (non-hydrogen) atoms. The topological polar surface area (TPSA) is 86.8 Å². The van der Waals surface area contributed by atoms with E-state index in [2.05, 4.69) is 5.32 Å². The Labute approximate surface area is 169 Å². The molecule has 8 heteroatoms. The second kappa shape index (κ2) is 8.73. The first-order valence-corrected chi connectivity index (χ1v) is 10.1. The van der Waals surface area contributed by atoms with Crippen molar-refractivity contribution < 1.29 is 19.2 Å². The van der Waals surface area contributed by atoms with Gasteiger partial charge in [0, 0.05) is 18.7 Å². The third-order valence-corrected chi connectivity index (χ3v) is 5.50. The van der Waals surface area contributed by atoms with Gasteiger partial charge in [-0.1, -0.05) is 19.3 Å². The second-order valence-corrected chi connectivity index (χ2v) is 7.51. The van der Waals surface area contributed by atoms with Gasteiger partial charge in [0.25, 0.3) is 5.91 Å². The number of alkyl halides is 1. The van der Waals surface area contributed by atoms with E-state index in [0.717, 1.165) is 37.0 Å². The number of hydrogen-bond donors (Lipinski definition) is 1. The average Bonchev–Trinajstić information content (AvgIpc) is 2.97. The Morgan fingerprint density at radius 3 is 2.36 bits per heavy atom. The largest absolute Gasteiger partial charge is 0.326 e. The molecule has 0 bridgehead atoms. The van der Waals surface area contributed by atoms with Crippen molar-refractivity contribution in [2.45, 2.75) is 57.5 Å². The van der Waals surface area contributed by atoms with E-state index in [0.29, 0.717) is 11.4 Å². The number of nitrogens with zero attached hydrogens (tertiary/aromatic N) is 2. The van der Waals surface area contributed by atoms with Crippen molar-refractivity contribution >= 4 is 46.6 Å². The number of anilines is 2. The van der Waals surface area contributed by atoms with Crippen molar-refractivity contribution in [1.82, 2.24) is 4.90 Å². The molecule has 1 saturated carbocycles. The molecule has 1 aromatic carbocycles. The van der Waals surface area contributed by atoms with Crippen LogP contribution < -0.4 is 10.2 Å². The molecule has 0 unspecified atom stereocenters. The van der Waals surface area contributed by atoms with Crippen LogP contribution in [-0.4, -0.2) is 46.5 Å². The first-order valence-electron chi connectivity index (χ1n) is 9.54. The van der Waals surface area contributed by atoms with Gasteiger partial charge in [-0.2, -0.15) is 0 Å². The first kappa shape index (κ1) is 20.3. The van der Waals surface area contributed by atoms with Crippen LogP contribution in [0, 0.1) is 0 Å². The molecule has 1 aromatic rings. The molecule has 1 saturated heterocycles. The Morgan fingerprint density at radius 1 is 1.14 bits per heavy atom. The van der Waals surface area contributed by atoms with E-state index in [1.165, 1.54) is 6.92 Å². The van der Waals surface area contributed by atoms with Crippen molar-refractivity contribution in [1.29, 1.82) is 0 Å². The highest BCUT2D eigenvalue weighted by Gasteiger charge is 2.46. The standard InChI is InChI=1S/C20H24ClN3O4/c1-13(25)22-14-7-9-16(10-8-14)24-18(26)11-17(20(24)28)23(19(27)12-21)15-5-3-2-4-6-15/h7-10,15,17H,2-6,11-12H2,1H3,(H,22,25)/t17-/m0/s1. The van der Waals surface area contributed by atoms with Gasteiger partial charge >= 0.3 is 0 Å². The summed E-state index contributed by atoms with van der Waals surface area (Å²) in [6.45, 7) is 1.40. The highest BCUT2D eigenvalue weighted by atomic mass is 35.5. The summed E-state index contributed by atoms with van der Waals surface area (Å²) in [6, 6.07) is 5.62. The summed E-state index contributed by atoms with van der Waals surface area (Å²) >= 11 is 5.81. The average molecular weight is 406 g/mol. The highest BCUT2D eigenvalue weighted by molar-refractivity contribution is 6.28. The predicted molar refractivity (Wildman–Crippen MR) is 106 cm³/mol. The molecule has 0 spiro atoms. The lowest BCUT2D eigenvalue weighted by Crippen LogP contribution is -2.51. The molecule has 2 fully saturated rings. The molecule has 7 nitrogen and oxygen atoms in total. The van der Waals surface area contributed by atoms with E-state index < -0.39 is 11.9 Å². The van der Waals surface area contributed by atoms with E-state index in [9.17, 15) is 19.2 Å². The lowest BCUT2D eigenvalue weighted by atomic mass is 9.92. The summed E-state index contributed by atoms with van der Waals surface area (Å²) in [4.78, 5) is 52.0. The fourth-order valence-corrected chi connectivity index (χ4v) is 4.20. The molecule has 150 valence electrons. The number of benzene rings is 1. The predicted octanol–water partition coefficient (Wildman–Crippen LogP) is 2.68. The maximum atomic E-state index is 13.1. The number of halogens is 1. The van der Waals surface area contributed by atoms with Crippen LogP contribution in [0.4, 0.5) is 11.4 Å². The smallest absolute Gasteiger partial charge is 0.257 e. The monoisotopic (exact) mass is 405 g/mol. The van der Waals surface area contributed by atoms with E-state index in [1.807, 2.05) is 0 Å². The molecule has 1 atom stereocenters. The Kier molecular flexibility index (Phi) is 6.34. The fraction of sp³-hybridized carbons (Fsp3) is 0.500. The zero-order chi connectivity index (χ0) is 20.3. The Morgan fingerprint density at radius 2 is 1.79 bits per heavy atom. The summed E-state index contributed by atoms with van der Waals surface area (Å²) in [5.74, 6) is -1.46. The van der Waals surface area contributed by atoms with Gasteiger partial charge in [0.15, 0.2) is 0 Å². The number of rotatable bonds is 5.